The summed E-state index contributed by atoms with van der Waals surface area (Å²) in [5, 5.41) is 0. The van der Waals surface area contributed by atoms with Gasteiger partial charge in [0, 0.05) is 5.56 Å². The van der Waals surface area contributed by atoms with Crippen LogP contribution in [-0.2, 0) is 32.5 Å². The summed E-state index contributed by atoms with van der Waals surface area (Å²) in [6.07, 6.45) is 3.64. The van der Waals surface area contributed by atoms with E-state index in [9.17, 15) is 0 Å². The van der Waals surface area contributed by atoms with Crippen LogP contribution in [0.4, 0.5) is 0 Å². The van der Waals surface area contributed by atoms with Gasteiger partial charge in [-0.05, 0) is 66.7 Å². The summed E-state index contributed by atoms with van der Waals surface area (Å²) in [5.74, 6) is -0.600. The highest BCUT2D eigenvalue weighted by atomic mass is 16.7. The van der Waals surface area contributed by atoms with Crippen molar-refractivity contribution in [1.29, 1.82) is 0 Å². The van der Waals surface area contributed by atoms with Crippen molar-refractivity contribution in [1.82, 2.24) is 0 Å². The Labute approximate surface area is 141 Å². The zero-order chi connectivity index (χ0) is 17.0. The van der Waals surface area contributed by atoms with Crippen molar-refractivity contribution in [2.75, 3.05) is 6.61 Å². The minimum atomic E-state index is -0.600. The highest BCUT2D eigenvalue weighted by Gasteiger charge is 2.42. The van der Waals surface area contributed by atoms with Crippen molar-refractivity contribution in [3.8, 4) is 0 Å². The number of benzene rings is 1. The standard InChI is InChI=1S/C21H32O2/c1-8-15-11-17-18(20(5,6)10-9-19(17,3)4)12-16(15)21(7)22-13-14(2)23-21/h11-12,14H,8-10,13H2,1-7H3/t14-,21+/m1/s1. The third-order valence-corrected chi connectivity index (χ3v) is 5.97. The summed E-state index contributed by atoms with van der Waals surface area (Å²) in [4.78, 5) is 0. The van der Waals surface area contributed by atoms with Crippen LogP contribution >= 0.6 is 0 Å². The van der Waals surface area contributed by atoms with Gasteiger partial charge in [0.15, 0.2) is 5.79 Å². The first-order valence-electron chi connectivity index (χ1n) is 9.09. The number of hydrogen-bond donors (Lipinski definition) is 0. The Kier molecular flexibility index (Phi) is 3.93. The van der Waals surface area contributed by atoms with E-state index in [0.29, 0.717) is 6.61 Å². The molecule has 0 bridgehead atoms. The maximum atomic E-state index is 6.17. The van der Waals surface area contributed by atoms with Gasteiger partial charge in [0.1, 0.15) is 0 Å². The van der Waals surface area contributed by atoms with Gasteiger partial charge in [-0.25, -0.2) is 0 Å². The number of hydrogen-bond acceptors (Lipinski definition) is 2. The minimum absolute atomic E-state index is 0.158. The van der Waals surface area contributed by atoms with Gasteiger partial charge in [0.2, 0.25) is 0 Å². The van der Waals surface area contributed by atoms with Crippen LogP contribution in [0.1, 0.15) is 83.6 Å². The maximum absolute atomic E-state index is 6.17. The summed E-state index contributed by atoms with van der Waals surface area (Å²) in [6, 6.07) is 4.83. The molecule has 1 aliphatic carbocycles. The van der Waals surface area contributed by atoms with E-state index >= 15 is 0 Å². The van der Waals surface area contributed by atoms with Crippen molar-refractivity contribution < 1.29 is 9.47 Å². The van der Waals surface area contributed by atoms with Crippen LogP contribution in [0.3, 0.4) is 0 Å². The van der Waals surface area contributed by atoms with Crippen LogP contribution in [-0.4, -0.2) is 12.7 Å². The molecule has 1 fully saturated rings. The second kappa shape index (κ2) is 5.32. The summed E-state index contributed by atoms with van der Waals surface area (Å²) < 4.78 is 12.2. The highest BCUT2D eigenvalue weighted by molar-refractivity contribution is 5.48. The van der Waals surface area contributed by atoms with Crippen LogP contribution in [0.2, 0.25) is 0 Å². The van der Waals surface area contributed by atoms with E-state index < -0.39 is 5.79 Å². The number of ether oxygens (including phenoxy) is 2. The summed E-state index contributed by atoms with van der Waals surface area (Å²) in [5.41, 5.74) is 6.06. The molecular weight excluding hydrogens is 284 g/mol. The molecule has 2 atom stereocenters. The predicted molar refractivity (Wildman–Crippen MR) is 95.0 cm³/mol. The van der Waals surface area contributed by atoms with Gasteiger partial charge < -0.3 is 9.47 Å². The quantitative estimate of drug-likeness (QED) is 0.746. The first-order chi connectivity index (χ1) is 10.6. The summed E-state index contributed by atoms with van der Waals surface area (Å²) in [6.45, 7) is 16.6. The van der Waals surface area contributed by atoms with E-state index in [0.717, 1.165) is 6.42 Å². The Hall–Kier alpha value is -0.860. The van der Waals surface area contributed by atoms with Gasteiger partial charge in [-0.3, -0.25) is 0 Å². The smallest absolute Gasteiger partial charge is 0.192 e. The minimum Gasteiger partial charge on any atom is -0.343 e. The molecule has 0 N–H and O–H groups in total. The number of rotatable bonds is 2. The molecule has 1 saturated heterocycles. The van der Waals surface area contributed by atoms with E-state index in [1.807, 2.05) is 0 Å². The van der Waals surface area contributed by atoms with Gasteiger partial charge in [-0.15, -0.1) is 0 Å². The molecule has 23 heavy (non-hydrogen) atoms. The van der Waals surface area contributed by atoms with Crippen molar-refractivity contribution in [3.63, 3.8) is 0 Å². The number of fused-ring (bicyclic) bond motifs is 1. The van der Waals surface area contributed by atoms with Gasteiger partial charge in [0.05, 0.1) is 12.7 Å². The van der Waals surface area contributed by atoms with Gasteiger partial charge >= 0.3 is 0 Å². The fourth-order valence-corrected chi connectivity index (χ4v) is 4.24. The Morgan fingerprint density at radius 1 is 0.957 bits per heavy atom. The lowest BCUT2D eigenvalue weighted by Crippen LogP contribution is -2.35. The van der Waals surface area contributed by atoms with E-state index in [1.165, 1.54) is 35.1 Å². The lowest BCUT2D eigenvalue weighted by molar-refractivity contribution is -0.160. The van der Waals surface area contributed by atoms with Crippen molar-refractivity contribution in [3.05, 3.63) is 34.4 Å². The number of aryl methyl sites for hydroxylation is 1. The van der Waals surface area contributed by atoms with E-state index in [4.69, 9.17) is 9.47 Å². The van der Waals surface area contributed by atoms with Crippen molar-refractivity contribution in [2.24, 2.45) is 0 Å². The van der Waals surface area contributed by atoms with E-state index in [1.54, 1.807) is 0 Å². The fraction of sp³-hybridized carbons (Fsp3) is 0.714. The fourth-order valence-electron chi connectivity index (χ4n) is 4.24. The van der Waals surface area contributed by atoms with E-state index in [-0.39, 0.29) is 16.9 Å². The van der Waals surface area contributed by atoms with Crippen LogP contribution in [0.15, 0.2) is 12.1 Å². The Balaban J connectivity index is 2.20. The molecule has 2 nitrogen and oxygen atoms in total. The largest absolute Gasteiger partial charge is 0.343 e. The Morgan fingerprint density at radius 2 is 1.52 bits per heavy atom. The molecule has 2 aliphatic rings. The van der Waals surface area contributed by atoms with E-state index in [2.05, 4.69) is 60.6 Å². The Morgan fingerprint density at radius 3 is 2.00 bits per heavy atom. The van der Waals surface area contributed by atoms with Crippen LogP contribution in [0.25, 0.3) is 0 Å². The molecule has 0 aromatic heterocycles. The van der Waals surface area contributed by atoms with Crippen LogP contribution in [0, 0.1) is 0 Å². The lowest BCUT2D eigenvalue weighted by Gasteiger charge is -2.43. The highest BCUT2D eigenvalue weighted by Crippen LogP contribution is 2.48. The second-order valence-electron chi connectivity index (χ2n) is 8.86. The summed E-state index contributed by atoms with van der Waals surface area (Å²) >= 11 is 0. The van der Waals surface area contributed by atoms with Crippen molar-refractivity contribution >= 4 is 0 Å². The molecule has 3 rings (SSSR count). The molecule has 1 aromatic rings. The molecule has 1 heterocycles. The van der Waals surface area contributed by atoms with Crippen LogP contribution in [0.5, 0.6) is 0 Å². The average molecular weight is 316 g/mol. The molecule has 2 heteroatoms. The third kappa shape index (κ3) is 2.74. The molecule has 0 spiro atoms. The molecule has 0 radical (unpaired) electrons. The predicted octanol–water partition coefficient (Wildman–Crippen LogP) is 5.21. The van der Waals surface area contributed by atoms with Crippen molar-refractivity contribution in [2.45, 2.75) is 90.4 Å². The first-order valence-corrected chi connectivity index (χ1v) is 9.09. The first kappa shape index (κ1) is 17.0. The summed E-state index contributed by atoms with van der Waals surface area (Å²) in [7, 11) is 0. The molecular formula is C21H32O2. The zero-order valence-electron chi connectivity index (χ0n) is 15.9. The molecule has 1 aliphatic heterocycles. The normalized spacial score (nSPS) is 31.9. The Bertz CT molecular complexity index is 615. The molecule has 128 valence electrons. The lowest BCUT2D eigenvalue weighted by atomic mass is 9.62. The van der Waals surface area contributed by atoms with Gasteiger partial charge in [-0.2, -0.15) is 0 Å². The van der Waals surface area contributed by atoms with Crippen LogP contribution < -0.4 is 0 Å². The SMILES string of the molecule is CCc1cc2c(cc1[C@@]1(C)OC[C@@H](C)O1)C(C)(C)CCC2(C)C. The molecule has 0 amide bonds. The third-order valence-electron chi connectivity index (χ3n) is 5.97. The maximum Gasteiger partial charge on any atom is 0.192 e. The van der Waals surface area contributed by atoms with Gasteiger partial charge in [0.25, 0.3) is 0 Å². The molecule has 0 unspecified atom stereocenters. The zero-order valence-corrected chi connectivity index (χ0v) is 15.9. The van der Waals surface area contributed by atoms with Gasteiger partial charge in [-0.1, -0.05) is 40.7 Å². The molecule has 0 saturated carbocycles. The molecule has 1 aromatic carbocycles. The average Bonchev–Trinajstić information content (AvgIpc) is 2.83. The topological polar surface area (TPSA) is 18.5 Å². The monoisotopic (exact) mass is 316 g/mol. The second-order valence-corrected chi connectivity index (χ2v) is 8.86.